The summed E-state index contributed by atoms with van der Waals surface area (Å²) < 4.78 is 0. The maximum Gasteiger partial charge on any atom is 0.207 e. The smallest absolute Gasteiger partial charge is 0.207 e. The molecule has 0 bridgehead atoms. The molecule has 2 heteroatoms. The molecule has 1 atom stereocenters. The molecule has 0 fully saturated rings. The monoisotopic (exact) mass is 189 g/mol. The molecule has 0 aromatic heterocycles. The molecule has 0 saturated carbocycles. The van der Waals surface area contributed by atoms with Gasteiger partial charge in [0.15, 0.2) is 0 Å². The molecule has 1 unspecified atom stereocenters. The van der Waals surface area contributed by atoms with E-state index in [0.29, 0.717) is 0 Å². The Bertz CT molecular complexity index is 312. The lowest BCUT2D eigenvalue weighted by Crippen LogP contribution is -2.31. The van der Waals surface area contributed by atoms with Gasteiger partial charge in [-0.05, 0) is 36.8 Å². The molecule has 2 aliphatic rings. The van der Waals surface area contributed by atoms with Gasteiger partial charge < -0.3 is 5.32 Å². The Morgan fingerprint density at radius 1 is 1.36 bits per heavy atom. The molecule has 2 rings (SSSR count). The molecule has 1 N–H and O–H groups in total. The van der Waals surface area contributed by atoms with E-state index >= 15 is 0 Å². The van der Waals surface area contributed by atoms with Crippen LogP contribution in [-0.2, 0) is 4.79 Å². The third-order valence-electron chi connectivity index (χ3n) is 2.84. The van der Waals surface area contributed by atoms with Gasteiger partial charge in [-0.15, -0.1) is 0 Å². The molecule has 0 spiro atoms. The molecule has 2 nitrogen and oxygen atoms in total. The normalized spacial score (nSPS) is 25.6. The molecule has 0 saturated heterocycles. The standard InChI is InChI=1S/C12H15NO/c14-9-13-12-8-4-6-10-5-2-1-3-7-11(10)12/h2-3,5,7,9,12H,1,4,6,8H2,(H,13,14). The third-order valence-corrected chi connectivity index (χ3v) is 2.84. The fourth-order valence-corrected chi connectivity index (χ4v) is 2.16. The Morgan fingerprint density at radius 2 is 2.21 bits per heavy atom. The molecule has 14 heavy (non-hydrogen) atoms. The summed E-state index contributed by atoms with van der Waals surface area (Å²) in [6.07, 6.45) is 13.9. The van der Waals surface area contributed by atoms with Crippen molar-refractivity contribution in [2.75, 3.05) is 0 Å². The number of nitrogens with one attached hydrogen (secondary N) is 1. The van der Waals surface area contributed by atoms with Crippen LogP contribution >= 0.6 is 0 Å². The second kappa shape index (κ2) is 4.27. The van der Waals surface area contributed by atoms with Gasteiger partial charge in [-0.1, -0.05) is 24.3 Å². The number of allylic oxidation sites excluding steroid dienone is 4. The number of carbonyl (C=O) groups excluding carboxylic acids is 1. The van der Waals surface area contributed by atoms with Crippen molar-refractivity contribution in [3.63, 3.8) is 0 Å². The summed E-state index contributed by atoms with van der Waals surface area (Å²) in [5.74, 6) is 0. The highest BCUT2D eigenvalue weighted by molar-refractivity contribution is 5.51. The number of hydrogen-bond acceptors (Lipinski definition) is 1. The van der Waals surface area contributed by atoms with E-state index in [1.54, 1.807) is 0 Å². The van der Waals surface area contributed by atoms with Crippen molar-refractivity contribution in [1.82, 2.24) is 5.32 Å². The van der Waals surface area contributed by atoms with Crippen molar-refractivity contribution in [3.05, 3.63) is 35.5 Å². The van der Waals surface area contributed by atoms with Crippen molar-refractivity contribution in [2.24, 2.45) is 0 Å². The van der Waals surface area contributed by atoms with E-state index in [4.69, 9.17) is 0 Å². The van der Waals surface area contributed by atoms with Crippen LogP contribution in [0.4, 0.5) is 0 Å². The van der Waals surface area contributed by atoms with Crippen LogP contribution in [0.15, 0.2) is 35.5 Å². The number of carbonyl (C=O) groups is 1. The largest absolute Gasteiger partial charge is 0.352 e. The summed E-state index contributed by atoms with van der Waals surface area (Å²) in [5.41, 5.74) is 2.70. The molecule has 0 aliphatic heterocycles. The molecule has 0 aromatic rings. The van der Waals surface area contributed by atoms with E-state index in [9.17, 15) is 4.79 Å². The summed E-state index contributed by atoms with van der Waals surface area (Å²) in [6, 6.07) is 0.232. The molecule has 0 aromatic carbocycles. The van der Waals surface area contributed by atoms with E-state index in [1.807, 2.05) is 0 Å². The Morgan fingerprint density at radius 3 is 3.07 bits per heavy atom. The molecule has 0 radical (unpaired) electrons. The molecule has 2 aliphatic carbocycles. The van der Waals surface area contributed by atoms with Crippen LogP contribution in [0, 0.1) is 0 Å². The Labute approximate surface area is 84.4 Å². The number of hydrogen-bond donors (Lipinski definition) is 1. The lowest BCUT2D eigenvalue weighted by molar-refractivity contribution is -0.110. The van der Waals surface area contributed by atoms with Crippen LogP contribution < -0.4 is 5.32 Å². The first kappa shape index (κ1) is 9.25. The summed E-state index contributed by atoms with van der Waals surface area (Å²) in [4.78, 5) is 10.5. The summed E-state index contributed by atoms with van der Waals surface area (Å²) in [7, 11) is 0. The lowest BCUT2D eigenvalue weighted by atomic mass is 9.88. The van der Waals surface area contributed by atoms with E-state index < -0.39 is 0 Å². The molecule has 1 amide bonds. The van der Waals surface area contributed by atoms with E-state index in [2.05, 4.69) is 29.6 Å². The van der Waals surface area contributed by atoms with Crippen LogP contribution in [0.3, 0.4) is 0 Å². The Hall–Kier alpha value is -1.31. The molecular weight excluding hydrogens is 174 g/mol. The zero-order valence-electron chi connectivity index (χ0n) is 8.20. The second-order valence-electron chi connectivity index (χ2n) is 3.75. The molecule has 74 valence electrons. The highest BCUT2D eigenvalue weighted by atomic mass is 16.1. The minimum Gasteiger partial charge on any atom is -0.352 e. The predicted molar refractivity (Wildman–Crippen MR) is 56.8 cm³/mol. The zero-order valence-corrected chi connectivity index (χ0v) is 8.20. The second-order valence-corrected chi connectivity index (χ2v) is 3.75. The van der Waals surface area contributed by atoms with Gasteiger partial charge in [0, 0.05) is 0 Å². The van der Waals surface area contributed by atoms with Crippen molar-refractivity contribution in [3.8, 4) is 0 Å². The van der Waals surface area contributed by atoms with Crippen LogP contribution in [0.2, 0.25) is 0 Å². The van der Waals surface area contributed by atoms with Crippen molar-refractivity contribution in [1.29, 1.82) is 0 Å². The van der Waals surface area contributed by atoms with Gasteiger partial charge in [0.05, 0.1) is 6.04 Å². The van der Waals surface area contributed by atoms with E-state index in [0.717, 1.165) is 25.7 Å². The summed E-state index contributed by atoms with van der Waals surface area (Å²) in [5, 5.41) is 2.89. The first-order valence-electron chi connectivity index (χ1n) is 5.17. The van der Waals surface area contributed by atoms with Gasteiger partial charge in [0.1, 0.15) is 0 Å². The third kappa shape index (κ3) is 1.79. The lowest BCUT2D eigenvalue weighted by Gasteiger charge is -2.24. The zero-order chi connectivity index (χ0) is 9.80. The van der Waals surface area contributed by atoms with Crippen LogP contribution in [-0.4, -0.2) is 12.5 Å². The molecule has 0 heterocycles. The van der Waals surface area contributed by atoms with Gasteiger partial charge in [-0.2, -0.15) is 0 Å². The van der Waals surface area contributed by atoms with E-state index in [-0.39, 0.29) is 6.04 Å². The van der Waals surface area contributed by atoms with Gasteiger partial charge >= 0.3 is 0 Å². The minimum absolute atomic E-state index is 0.232. The quantitative estimate of drug-likeness (QED) is 0.662. The van der Waals surface area contributed by atoms with E-state index in [1.165, 1.54) is 17.6 Å². The van der Waals surface area contributed by atoms with Gasteiger partial charge in [0.2, 0.25) is 6.41 Å². The first-order valence-corrected chi connectivity index (χ1v) is 5.17. The van der Waals surface area contributed by atoms with Crippen LogP contribution in [0.1, 0.15) is 25.7 Å². The average Bonchev–Trinajstić information content (AvgIpc) is 2.44. The molecular formula is C12H15NO. The topological polar surface area (TPSA) is 29.1 Å². The van der Waals surface area contributed by atoms with Crippen molar-refractivity contribution < 1.29 is 4.79 Å². The summed E-state index contributed by atoms with van der Waals surface area (Å²) >= 11 is 0. The fourth-order valence-electron chi connectivity index (χ4n) is 2.16. The van der Waals surface area contributed by atoms with Crippen LogP contribution in [0.5, 0.6) is 0 Å². The minimum atomic E-state index is 0.232. The SMILES string of the molecule is O=CNC1CCCC2=C1C=CCC=C2. The van der Waals surface area contributed by atoms with Gasteiger partial charge in [0.25, 0.3) is 0 Å². The maximum absolute atomic E-state index is 10.5. The fraction of sp³-hybridized carbons (Fsp3) is 0.417. The highest BCUT2D eigenvalue weighted by Crippen LogP contribution is 2.28. The highest BCUT2D eigenvalue weighted by Gasteiger charge is 2.19. The average molecular weight is 189 g/mol. The van der Waals surface area contributed by atoms with Crippen molar-refractivity contribution >= 4 is 6.41 Å². The summed E-state index contributed by atoms with van der Waals surface area (Å²) in [6.45, 7) is 0. The van der Waals surface area contributed by atoms with Gasteiger partial charge in [-0.25, -0.2) is 0 Å². The van der Waals surface area contributed by atoms with Gasteiger partial charge in [-0.3, -0.25) is 4.79 Å². The maximum atomic E-state index is 10.5. The van der Waals surface area contributed by atoms with Crippen molar-refractivity contribution in [2.45, 2.75) is 31.7 Å². The first-order chi connectivity index (χ1) is 6.92. The Balaban J connectivity index is 2.28. The predicted octanol–water partition coefficient (Wildman–Crippen LogP) is 2.10. The number of rotatable bonds is 2. The Kier molecular flexibility index (Phi) is 2.82. The van der Waals surface area contributed by atoms with Crippen LogP contribution in [0.25, 0.3) is 0 Å². The number of amides is 1.